The zero-order valence-electron chi connectivity index (χ0n) is 9.62. The molecule has 82 valence electrons. The molecule has 0 spiro atoms. The molecule has 0 amide bonds. The number of likely N-dealkylation sites (N-methyl/N-ethyl adjacent to an activating group) is 2. The van der Waals surface area contributed by atoms with Crippen LogP contribution in [0.3, 0.4) is 0 Å². The zero-order valence-corrected chi connectivity index (χ0v) is 9.62. The minimum atomic E-state index is 0.258. The van der Waals surface area contributed by atoms with Crippen molar-refractivity contribution < 1.29 is 4.79 Å². The summed E-state index contributed by atoms with van der Waals surface area (Å²) in [6, 6.07) is 0.671. The molecule has 14 heavy (non-hydrogen) atoms. The topological polar surface area (TPSA) is 23.6 Å². The third-order valence-corrected chi connectivity index (χ3v) is 2.92. The Morgan fingerprint density at radius 1 is 1.57 bits per heavy atom. The number of hydrogen-bond donors (Lipinski definition) is 0. The molecule has 1 heterocycles. The van der Waals surface area contributed by atoms with Crippen LogP contribution in [0, 0.1) is 0 Å². The monoisotopic (exact) mass is 198 g/mol. The van der Waals surface area contributed by atoms with Crippen molar-refractivity contribution in [1.29, 1.82) is 0 Å². The number of carbonyl (C=O) groups excluding carboxylic acids is 1. The standard InChI is InChI=1S/C11H22N2O/c1-4-13-7-5-6-11(13)9-12(3)8-10(2)14/h11H,4-9H2,1-3H3. The minimum absolute atomic E-state index is 0.258. The SMILES string of the molecule is CCN1CCCC1CN(C)CC(C)=O. The first kappa shape index (κ1) is 11.7. The van der Waals surface area contributed by atoms with E-state index >= 15 is 0 Å². The van der Waals surface area contributed by atoms with Gasteiger partial charge in [0.2, 0.25) is 0 Å². The van der Waals surface area contributed by atoms with Crippen molar-refractivity contribution in [2.45, 2.75) is 32.7 Å². The highest BCUT2D eigenvalue weighted by molar-refractivity contribution is 5.77. The highest BCUT2D eigenvalue weighted by atomic mass is 16.1. The Hall–Kier alpha value is -0.410. The van der Waals surface area contributed by atoms with E-state index in [2.05, 4.69) is 16.7 Å². The van der Waals surface area contributed by atoms with Crippen LogP contribution in [0.25, 0.3) is 0 Å². The summed E-state index contributed by atoms with van der Waals surface area (Å²) >= 11 is 0. The second-order valence-electron chi connectivity index (χ2n) is 4.32. The van der Waals surface area contributed by atoms with Gasteiger partial charge in [0.25, 0.3) is 0 Å². The van der Waals surface area contributed by atoms with Crippen LogP contribution in [0.15, 0.2) is 0 Å². The predicted molar refractivity (Wildman–Crippen MR) is 58.4 cm³/mol. The Balaban J connectivity index is 2.31. The Kier molecular flexibility index (Phi) is 4.55. The van der Waals surface area contributed by atoms with Crippen LogP contribution in [-0.4, -0.2) is 54.9 Å². The van der Waals surface area contributed by atoms with E-state index in [1.165, 1.54) is 19.4 Å². The molecule has 1 aliphatic rings. The Morgan fingerprint density at radius 2 is 2.29 bits per heavy atom. The molecule has 1 fully saturated rings. The third kappa shape index (κ3) is 3.39. The molecule has 0 radical (unpaired) electrons. The van der Waals surface area contributed by atoms with Crippen molar-refractivity contribution in [1.82, 2.24) is 9.80 Å². The van der Waals surface area contributed by atoms with Crippen LogP contribution in [0.5, 0.6) is 0 Å². The molecule has 1 rings (SSSR count). The summed E-state index contributed by atoms with van der Waals surface area (Å²) in [5.74, 6) is 0.258. The molecular formula is C11H22N2O. The molecule has 0 N–H and O–H groups in total. The first-order valence-corrected chi connectivity index (χ1v) is 5.55. The molecule has 0 aromatic carbocycles. The maximum Gasteiger partial charge on any atom is 0.143 e. The summed E-state index contributed by atoms with van der Waals surface area (Å²) < 4.78 is 0. The number of rotatable bonds is 5. The predicted octanol–water partition coefficient (Wildman–Crippen LogP) is 0.991. The first-order valence-electron chi connectivity index (χ1n) is 5.55. The van der Waals surface area contributed by atoms with Crippen molar-refractivity contribution in [3.05, 3.63) is 0 Å². The third-order valence-electron chi connectivity index (χ3n) is 2.92. The quantitative estimate of drug-likeness (QED) is 0.658. The van der Waals surface area contributed by atoms with Crippen LogP contribution in [-0.2, 0) is 4.79 Å². The van der Waals surface area contributed by atoms with Crippen molar-refractivity contribution in [2.24, 2.45) is 0 Å². The summed E-state index contributed by atoms with van der Waals surface area (Å²) in [5, 5.41) is 0. The Bertz CT molecular complexity index is 194. The molecule has 0 saturated carbocycles. The van der Waals surface area contributed by atoms with Crippen molar-refractivity contribution in [2.75, 3.05) is 33.2 Å². The smallest absolute Gasteiger partial charge is 0.143 e. The Labute approximate surface area is 87.1 Å². The summed E-state index contributed by atoms with van der Waals surface area (Å²) in [6.07, 6.45) is 2.60. The normalized spacial score (nSPS) is 23.3. The van der Waals surface area contributed by atoms with Gasteiger partial charge in [-0.1, -0.05) is 6.92 Å². The number of Topliss-reactive ketones (excluding diaryl/α,β-unsaturated/α-hetero) is 1. The minimum Gasteiger partial charge on any atom is -0.299 e. The van der Waals surface area contributed by atoms with Gasteiger partial charge < -0.3 is 0 Å². The lowest BCUT2D eigenvalue weighted by Crippen LogP contribution is -2.40. The number of likely N-dealkylation sites (tertiary alicyclic amines) is 1. The van der Waals surface area contributed by atoms with Gasteiger partial charge in [-0.2, -0.15) is 0 Å². The largest absolute Gasteiger partial charge is 0.299 e. The van der Waals surface area contributed by atoms with Gasteiger partial charge >= 0.3 is 0 Å². The van der Waals surface area contributed by atoms with Gasteiger partial charge in [-0.15, -0.1) is 0 Å². The van der Waals surface area contributed by atoms with Gasteiger partial charge in [-0.3, -0.25) is 14.6 Å². The van der Waals surface area contributed by atoms with E-state index in [4.69, 9.17) is 0 Å². The van der Waals surface area contributed by atoms with Crippen LogP contribution in [0.1, 0.15) is 26.7 Å². The van der Waals surface area contributed by atoms with E-state index in [-0.39, 0.29) is 5.78 Å². The van der Waals surface area contributed by atoms with Gasteiger partial charge in [0.15, 0.2) is 0 Å². The van der Waals surface area contributed by atoms with Gasteiger partial charge in [0, 0.05) is 12.6 Å². The van der Waals surface area contributed by atoms with Crippen molar-refractivity contribution in [3.8, 4) is 0 Å². The van der Waals surface area contributed by atoms with Gasteiger partial charge in [-0.05, 0) is 39.9 Å². The maximum atomic E-state index is 10.9. The fraction of sp³-hybridized carbons (Fsp3) is 0.909. The lowest BCUT2D eigenvalue weighted by Gasteiger charge is -2.27. The second-order valence-corrected chi connectivity index (χ2v) is 4.32. The molecule has 0 bridgehead atoms. The Morgan fingerprint density at radius 3 is 2.86 bits per heavy atom. The van der Waals surface area contributed by atoms with E-state index in [1.807, 2.05) is 7.05 Å². The van der Waals surface area contributed by atoms with Crippen molar-refractivity contribution >= 4 is 5.78 Å². The highest BCUT2D eigenvalue weighted by Crippen LogP contribution is 2.16. The van der Waals surface area contributed by atoms with Gasteiger partial charge in [-0.25, -0.2) is 0 Å². The maximum absolute atomic E-state index is 10.9. The summed E-state index contributed by atoms with van der Waals surface area (Å²) in [6.45, 7) is 7.86. The van der Waals surface area contributed by atoms with Crippen LogP contribution >= 0.6 is 0 Å². The molecule has 1 unspecified atom stereocenters. The molecule has 1 aliphatic heterocycles. The van der Waals surface area contributed by atoms with Crippen LogP contribution in [0.4, 0.5) is 0 Å². The fourth-order valence-corrected chi connectivity index (χ4v) is 2.32. The van der Waals surface area contributed by atoms with E-state index < -0.39 is 0 Å². The molecule has 3 nitrogen and oxygen atoms in total. The lowest BCUT2D eigenvalue weighted by molar-refractivity contribution is -0.117. The zero-order chi connectivity index (χ0) is 10.6. The molecule has 1 saturated heterocycles. The molecule has 0 aliphatic carbocycles. The number of ketones is 1. The number of hydrogen-bond acceptors (Lipinski definition) is 3. The highest BCUT2D eigenvalue weighted by Gasteiger charge is 2.23. The van der Waals surface area contributed by atoms with Crippen LogP contribution < -0.4 is 0 Å². The molecule has 3 heteroatoms. The second kappa shape index (κ2) is 5.47. The van der Waals surface area contributed by atoms with E-state index in [9.17, 15) is 4.79 Å². The number of carbonyl (C=O) groups is 1. The van der Waals surface area contributed by atoms with E-state index in [0.29, 0.717) is 12.6 Å². The molecule has 0 aromatic rings. The summed E-state index contributed by atoms with van der Waals surface area (Å²) in [5.41, 5.74) is 0. The van der Waals surface area contributed by atoms with Gasteiger partial charge in [0.1, 0.15) is 5.78 Å². The van der Waals surface area contributed by atoms with Gasteiger partial charge in [0.05, 0.1) is 6.54 Å². The molecule has 0 aromatic heterocycles. The molecular weight excluding hydrogens is 176 g/mol. The fourth-order valence-electron chi connectivity index (χ4n) is 2.32. The molecule has 1 atom stereocenters. The summed E-state index contributed by atoms with van der Waals surface area (Å²) in [7, 11) is 2.04. The summed E-state index contributed by atoms with van der Waals surface area (Å²) in [4.78, 5) is 15.6. The average Bonchev–Trinajstić information content (AvgIpc) is 2.50. The first-order chi connectivity index (χ1) is 6.63. The average molecular weight is 198 g/mol. The lowest BCUT2D eigenvalue weighted by atomic mass is 10.2. The van der Waals surface area contributed by atoms with Crippen molar-refractivity contribution in [3.63, 3.8) is 0 Å². The van der Waals surface area contributed by atoms with E-state index in [1.54, 1.807) is 6.92 Å². The number of nitrogens with zero attached hydrogens (tertiary/aromatic N) is 2. The van der Waals surface area contributed by atoms with Crippen LogP contribution in [0.2, 0.25) is 0 Å². The van der Waals surface area contributed by atoms with E-state index in [0.717, 1.165) is 13.1 Å².